The summed E-state index contributed by atoms with van der Waals surface area (Å²) in [6.45, 7) is 0.237. The van der Waals surface area contributed by atoms with Crippen molar-refractivity contribution in [3.8, 4) is 11.5 Å². The molecule has 1 spiro atoms. The van der Waals surface area contributed by atoms with E-state index in [0.29, 0.717) is 23.2 Å². The molecule has 3 amide bonds. The number of hydrogen-bond acceptors (Lipinski definition) is 6. The van der Waals surface area contributed by atoms with E-state index in [1.165, 1.54) is 17.0 Å². The molecular weight excluding hydrogens is 458 g/mol. The highest BCUT2D eigenvalue weighted by Gasteiger charge is 2.70. The summed E-state index contributed by atoms with van der Waals surface area (Å²) < 4.78 is 0. The zero-order valence-corrected chi connectivity index (χ0v) is 19.3. The van der Waals surface area contributed by atoms with Crippen LogP contribution in [0.15, 0.2) is 72.8 Å². The number of hydrogen-bond donors (Lipinski definition) is 4. The van der Waals surface area contributed by atoms with Crippen molar-refractivity contribution in [3.63, 3.8) is 0 Å². The molecule has 8 heteroatoms. The second-order valence-electron chi connectivity index (χ2n) is 9.65. The molecule has 6 rings (SSSR count). The van der Waals surface area contributed by atoms with Crippen molar-refractivity contribution in [2.75, 3.05) is 11.9 Å². The number of phenolic OH excluding ortho intramolecular Hbond substituents is 2. The maximum Gasteiger partial charge on any atom is 0.250 e. The predicted molar refractivity (Wildman–Crippen MR) is 131 cm³/mol. The Labute approximate surface area is 207 Å². The summed E-state index contributed by atoms with van der Waals surface area (Å²) in [6.07, 6.45) is 0.815. The summed E-state index contributed by atoms with van der Waals surface area (Å²) in [5, 5.41) is 26.0. The molecule has 3 aliphatic rings. The van der Waals surface area contributed by atoms with Gasteiger partial charge in [0, 0.05) is 23.8 Å². The number of rotatable bonds is 5. The first-order chi connectivity index (χ1) is 17.4. The van der Waals surface area contributed by atoms with Gasteiger partial charge >= 0.3 is 0 Å². The number of carbonyl (C=O) groups excluding carboxylic acids is 3. The number of phenols is 2. The maximum absolute atomic E-state index is 13.8. The average molecular weight is 484 g/mol. The summed E-state index contributed by atoms with van der Waals surface area (Å²) in [5.41, 5.74) is 1.61. The first kappa shape index (κ1) is 22.3. The topological polar surface area (TPSA) is 119 Å². The SMILES string of the molecule is O=C1[C@@H]2[C@H](Cc3ccc(O)c(O)c3)N[C@@]3(C(=O)Nc4ccccc43)[C@@H]2C(=O)N1CCc1ccccc1. The van der Waals surface area contributed by atoms with Gasteiger partial charge in [-0.2, -0.15) is 0 Å². The van der Waals surface area contributed by atoms with E-state index >= 15 is 0 Å². The molecule has 3 aliphatic heterocycles. The van der Waals surface area contributed by atoms with Crippen molar-refractivity contribution in [1.82, 2.24) is 10.2 Å². The third-order valence-corrected chi connectivity index (χ3v) is 7.68. The highest BCUT2D eigenvalue weighted by Crippen LogP contribution is 2.53. The zero-order chi connectivity index (χ0) is 25.0. The lowest BCUT2D eigenvalue weighted by atomic mass is 9.76. The van der Waals surface area contributed by atoms with Gasteiger partial charge in [0.25, 0.3) is 0 Å². The fourth-order valence-corrected chi connectivity index (χ4v) is 6.05. The smallest absolute Gasteiger partial charge is 0.250 e. The van der Waals surface area contributed by atoms with Gasteiger partial charge in [-0.3, -0.25) is 24.6 Å². The van der Waals surface area contributed by atoms with Crippen LogP contribution in [-0.2, 0) is 32.8 Å². The third kappa shape index (κ3) is 3.21. The number of aromatic hydroxyl groups is 2. The number of likely N-dealkylation sites (tertiary alicyclic amines) is 1. The van der Waals surface area contributed by atoms with E-state index < -0.39 is 23.4 Å². The van der Waals surface area contributed by atoms with Gasteiger partial charge in [0.05, 0.1) is 11.8 Å². The molecule has 182 valence electrons. The summed E-state index contributed by atoms with van der Waals surface area (Å²) in [6, 6.07) is 20.8. The first-order valence-electron chi connectivity index (χ1n) is 12.0. The van der Waals surface area contributed by atoms with Crippen molar-refractivity contribution < 1.29 is 24.6 Å². The highest BCUT2D eigenvalue weighted by molar-refractivity contribution is 6.15. The number of imide groups is 1. The van der Waals surface area contributed by atoms with Crippen molar-refractivity contribution in [2.45, 2.75) is 24.4 Å². The van der Waals surface area contributed by atoms with Gasteiger partial charge in [0.15, 0.2) is 11.5 Å². The van der Waals surface area contributed by atoms with E-state index in [2.05, 4.69) is 10.6 Å². The molecular formula is C28H25N3O5. The van der Waals surface area contributed by atoms with Crippen LogP contribution in [0.2, 0.25) is 0 Å². The largest absolute Gasteiger partial charge is 0.504 e. The van der Waals surface area contributed by atoms with Crippen molar-refractivity contribution in [2.24, 2.45) is 11.8 Å². The van der Waals surface area contributed by atoms with E-state index in [9.17, 15) is 24.6 Å². The first-order valence-corrected chi connectivity index (χ1v) is 12.0. The van der Waals surface area contributed by atoms with Gasteiger partial charge < -0.3 is 15.5 Å². The standard InChI is InChI=1S/C28H25N3O5/c32-21-11-10-17(15-22(21)33)14-20-23-24(28(30-20)18-8-4-5-9-19(18)29-27(28)36)26(35)31(25(23)34)13-12-16-6-2-1-3-7-16/h1-11,15,20,23-24,30,32-33H,12-14H2,(H,29,36)/t20-,23+,24-,28+/m0/s1. The Bertz CT molecular complexity index is 1390. The summed E-state index contributed by atoms with van der Waals surface area (Å²) in [5.74, 6) is -3.14. The molecule has 0 unspecified atom stereocenters. The van der Waals surface area contributed by atoms with Crippen LogP contribution >= 0.6 is 0 Å². The number of nitrogens with zero attached hydrogens (tertiary/aromatic N) is 1. The molecule has 3 aromatic carbocycles. The molecule has 0 aliphatic carbocycles. The monoisotopic (exact) mass is 483 g/mol. The van der Waals surface area contributed by atoms with E-state index in [4.69, 9.17) is 0 Å². The highest BCUT2D eigenvalue weighted by atomic mass is 16.3. The Hall–Kier alpha value is -4.17. The van der Waals surface area contributed by atoms with E-state index in [1.54, 1.807) is 12.1 Å². The second-order valence-corrected chi connectivity index (χ2v) is 9.65. The Morgan fingerprint density at radius 1 is 0.833 bits per heavy atom. The molecule has 2 fully saturated rings. The van der Waals surface area contributed by atoms with Gasteiger partial charge in [-0.25, -0.2) is 0 Å². The summed E-state index contributed by atoms with van der Waals surface area (Å²) >= 11 is 0. The minimum Gasteiger partial charge on any atom is -0.504 e. The molecule has 2 saturated heterocycles. The lowest BCUT2D eigenvalue weighted by Gasteiger charge is -2.29. The van der Waals surface area contributed by atoms with E-state index in [0.717, 1.165) is 5.56 Å². The quantitative estimate of drug-likeness (QED) is 0.327. The van der Waals surface area contributed by atoms with Crippen LogP contribution in [0.1, 0.15) is 16.7 Å². The molecule has 0 bridgehead atoms. The van der Waals surface area contributed by atoms with Crippen LogP contribution in [0.4, 0.5) is 5.69 Å². The molecule has 0 radical (unpaired) electrons. The van der Waals surface area contributed by atoms with Crippen LogP contribution in [0.5, 0.6) is 11.5 Å². The number of anilines is 1. The summed E-state index contributed by atoms with van der Waals surface area (Å²) in [4.78, 5) is 42.4. The second kappa shape index (κ2) is 8.20. The number of fused-ring (bicyclic) bond motifs is 4. The number of nitrogens with one attached hydrogen (secondary N) is 2. The normalized spacial score (nSPS) is 26.4. The van der Waals surface area contributed by atoms with Crippen molar-refractivity contribution >= 4 is 23.4 Å². The molecule has 8 nitrogen and oxygen atoms in total. The van der Waals surface area contributed by atoms with Gasteiger partial charge in [0.1, 0.15) is 5.54 Å². The number of amides is 3. The van der Waals surface area contributed by atoms with Gasteiger partial charge in [-0.1, -0.05) is 54.6 Å². The molecule has 4 N–H and O–H groups in total. The minimum atomic E-state index is -1.36. The molecule has 36 heavy (non-hydrogen) atoms. The number of carbonyl (C=O) groups is 3. The molecule has 4 atom stereocenters. The van der Waals surface area contributed by atoms with Crippen LogP contribution < -0.4 is 10.6 Å². The lowest BCUT2D eigenvalue weighted by Crippen LogP contribution is -2.53. The Morgan fingerprint density at radius 2 is 1.58 bits per heavy atom. The van der Waals surface area contributed by atoms with Crippen molar-refractivity contribution in [1.29, 1.82) is 0 Å². The van der Waals surface area contributed by atoms with Gasteiger partial charge in [-0.15, -0.1) is 0 Å². The van der Waals surface area contributed by atoms with Gasteiger partial charge in [0.2, 0.25) is 17.7 Å². The molecule has 0 aromatic heterocycles. The Morgan fingerprint density at radius 3 is 2.36 bits per heavy atom. The van der Waals surface area contributed by atoms with Gasteiger partial charge in [-0.05, 0) is 42.2 Å². The van der Waals surface area contributed by atoms with Crippen LogP contribution in [-0.4, -0.2) is 45.4 Å². The number of benzene rings is 3. The summed E-state index contributed by atoms with van der Waals surface area (Å²) in [7, 11) is 0. The molecule has 3 heterocycles. The Kier molecular flexibility index (Phi) is 5.08. The van der Waals surface area contributed by atoms with Crippen LogP contribution in [0, 0.1) is 11.8 Å². The zero-order valence-electron chi connectivity index (χ0n) is 19.3. The Balaban J connectivity index is 1.39. The predicted octanol–water partition coefficient (Wildman–Crippen LogP) is 2.30. The lowest BCUT2D eigenvalue weighted by molar-refractivity contribution is -0.142. The molecule has 0 saturated carbocycles. The fourth-order valence-electron chi connectivity index (χ4n) is 6.05. The van der Waals surface area contributed by atoms with E-state index in [-0.39, 0.29) is 42.2 Å². The average Bonchev–Trinajstić information content (AvgIpc) is 3.45. The number of para-hydroxylation sites is 1. The maximum atomic E-state index is 13.8. The third-order valence-electron chi connectivity index (χ3n) is 7.68. The van der Waals surface area contributed by atoms with E-state index in [1.807, 2.05) is 48.5 Å². The van der Waals surface area contributed by atoms with Crippen LogP contribution in [0.25, 0.3) is 0 Å². The van der Waals surface area contributed by atoms with Crippen molar-refractivity contribution in [3.05, 3.63) is 89.5 Å². The minimum absolute atomic E-state index is 0.237. The fraction of sp³-hybridized carbons (Fsp3) is 0.250. The van der Waals surface area contributed by atoms with Crippen LogP contribution in [0.3, 0.4) is 0 Å². The molecule has 3 aromatic rings.